The Hall–Kier alpha value is -2.95. The van der Waals surface area contributed by atoms with Crippen LogP contribution in [0.2, 0.25) is 0 Å². The van der Waals surface area contributed by atoms with Crippen LogP contribution in [0, 0.1) is 12.3 Å². The van der Waals surface area contributed by atoms with Crippen LogP contribution in [0.3, 0.4) is 0 Å². The Balaban J connectivity index is 2.25. The van der Waals surface area contributed by atoms with Gasteiger partial charge in [-0.15, -0.1) is 6.42 Å². The highest BCUT2D eigenvalue weighted by Crippen LogP contribution is 2.51. The number of carbonyl (C=O) groups is 3. The number of benzene rings is 1. The molecular weight excluding hydrogens is 352 g/mol. The molecule has 0 N–H and O–H groups in total. The van der Waals surface area contributed by atoms with Crippen LogP contribution in [-0.4, -0.2) is 49.4 Å². The Kier molecular flexibility index (Phi) is 5.13. The van der Waals surface area contributed by atoms with Crippen molar-refractivity contribution >= 4 is 23.3 Å². The van der Waals surface area contributed by atoms with Gasteiger partial charge < -0.3 is 18.9 Å². The first kappa shape index (κ1) is 18.8. The van der Waals surface area contributed by atoms with Crippen molar-refractivity contribution in [3.8, 4) is 12.3 Å². The van der Waals surface area contributed by atoms with Crippen LogP contribution in [0.1, 0.15) is 29.8 Å². The van der Waals surface area contributed by atoms with Crippen LogP contribution in [0.5, 0.6) is 0 Å². The molecule has 2 aliphatic rings. The lowest BCUT2D eigenvalue weighted by molar-refractivity contribution is -0.186. The van der Waals surface area contributed by atoms with E-state index in [1.807, 2.05) is 0 Å². The second-order valence-corrected chi connectivity index (χ2v) is 5.74. The van der Waals surface area contributed by atoms with E-state index in [4.69, 9.17) is 25.4 Å². The first-order chi connectivity index (χ1) is 13.0. The molecule has 7 nitrogen and oxygen atoms in total. The zero-order chi connectivity index (χ0) is 19.6. The van der Waals surface area contributed by atoms with Gasteiger partial charge >= 0.3 is 11.9 Å². The average Bonchev–Trinajstić information content (AvgIpc) is 3.13. The van der Waals surface area contributed by atoms with Crippen molar-refractivity contribution < 1.29 is 33.3 Å². The fraction of sp³-hybridized carbons (Fsp3) is 0.350. The van der Waals surface area contributed by atoms with Gasteiger partial charge in [0.05, 0.1) is 18.8 Å². The predicted octanol–water partition coefficient (Wildman–Crippen LogP) is 1.51. The summed E-state index contributed by atoms with van der Waals surface area (Å²) in [6.45, 7) is 3.16. The molecular formula is C20H18O7. The number of fused-ring (bicyclic) bond motifs is 3. The van der Waals surface area contributed by atoms with Gasteiger partial charge in [0.25, 0.3) is 5.79 Å². The molecule has 0 saturated carbocycles. The molecule has 1 heterocycles. The number of terminal acetylenes is 1. The van der Waals surface area contributed by atoms with Crippen molar-refractivity contribution in [2.45, 2.75) is 25.7 Å². The van der Waals surface area contributed by atoms with Crippen LogP contribution in [0.25, 0.3) is 5.57 Å². The molecule has 3 rings (SSSR count). The largest absolute Gasteiger partial charge is 0.464 e. The Morgan fingerprint density at radius 2 is 1.85 bits per heavy atom. The summed E-state index contributed by atoms with van der Waals surface area (Å²) < 4.78 is 21.5. The van der Waals surface area contributed by atoms with Gasteiger partial charge in [0.1, 0.15) is 6.61 Å². The summed E-state index contributed by atoms with van der Waals surface area (Å²) >= 11 is 0. The molecule has 140 valence electrons. The second-order valence-electron chi connectivity index (χ2n) is 5.74. The maximum absolute atomic E-state index is 13.1. The number of ketones is 1. The zero-order valence-corrected chi connectivity index (χ0v) is 14.9. The summed E-state index contributed by atoms with van der Waals surface area (Å²) in [4.78, 5) is 38.2. The number of carbonyl (C=O) groups excluding carboxylic acids is 3. The summed E-state index contributed by atoms with van der Waals surface area (Å²) in [5.74, 6) is -1.81. The van der Waals surface area contributed by atoms with Gasteiger partial charge in [-0.1, -0.05) is 30.2 Å². The molecule has 0 aromatic heterocycles. The average molecular weight is 370 g/mol. The number of hydrogen-bond acceptors (Lipinski definition) is 7. The van der Waals surface area contributed by atoms with Gasteiger partial charge in [0.15, 0.2) is 6.10 Å². The summed E-state index contributed by atoms with van der Waals surface area (Å²) in [5, 5.41) is 0. The molecule has 0 fully saturated rings. The minimum absolute atomic E-state index is 0.0763. The molecule has 1 aliphatic heterocycles. The molecule has 0 radical (unpaired) electrons. The highest BCUT2D eigenvalue weighted by Gasteiger charge is 2.62. The first-order valence-corrected chi connectivity index (χ1v) is 8.49. The third-order valence-electron chi connectivity index (χ3n) is 4.24. The molecule has 7 heteroatoms. The second kappa shape index (κ2) is 7.35. The van der Waals surface area contributed by atoms with Crippen molar-refractivity contribution in [3.63, 3.8) is 0 Å². The van der Waals surface area contributed by atoms with E-state index in [1.165, 1.54) is 0 Å². The molecule has 2 atom stereocenters. The maximum Gasteiger partial charge on any atom is 0.340 e. The Morgan fingerprint density at radius 1 is 1.19 bits per heavy atom. The van der Waals surface area contributed by atoms with Crippen molar-refractivity contribution in [1.82, 2.24) is 0 Å². The van der Waals surface area contributed by atoms with Crippen molar-refractivity contribution in [2.75, 3.05) is 19.8 Å². The van der Waals surface area contributed by atoms with E-state index in [2.05, 4.69) is 5.92 Å². The van der Waals surface area contributed by atoms with E-state index in [-0.39, 0.29) is 31.0 Å². The number of hydrogen-bond donors (Lipinski definition) is 0. The molecule has 1 aromatic carbocycles. The summed E-state index contributed by atoms with van der Waals surface area (Å²) in [5.41, 5.74) is 0.795. The normalized spacial score (nSPS) is 22.9. The number of esters is 2. The summed E-state index contributed by atoms with van der Waals surface area (Å²) in [6, 6.07) is 6.63. The minimum Gasteiger partial charge on any atom is -0.464 e. The molecule has 1 aromatic rings. The summed E-state index contributed by atoms with van der Waals surface area (Å²) in [7, 11) is 0. The number of Topliss-reactive ketones (excluding diaryl/α,β-unsaturated/α-hetero) is 1. The van der Waals surface area contributed by atoms with Gasteiger partial charge in [-0.05, 0) is 19.4 Å². The fourth-order valence-corrected chi connectivity index (χ4v) is 3.27. The van der Waals surface area contributed by atoms with Crippen molar-refractivity contribution in [1.29, 1.82) is 0 Å². The third kappa shape index (κ3) is 2.83. The van der Waals surface area contributed by atoms with Crippen LogP contribution < -0.4 is 0 Å². The van der Waals surface area contributed by atoms with Gasteiger partial charge in [-0.2, -0.15) is 0 Å². The first-order valence-electron chi connectivity index (χ1n) is 8.49. The van der Waals surface area contributed by atoms with Crippen molar-refractivity contribution in [3.05, 3.63) is 41.0 Å². The Bertz CT molecular complexity index is 877. The number of ether oxygens (including phenoxy) is 4. The van der Waals surface area contributed by atoms with Crippen LogP contribution in [0.15, 0.2) is 29.8 Å². The lowest BCUT2D eigenvalue weighted by Crippen LogP contribution is -2.42. The van der Waals surface area contributed by atoms with Crippen LogP contribution in [-0.2, 0) is 28.5 Å². The zero-order valence-electron chi connectivity index (χ0n) is 14.9. The van der Waals surface area contributed by atoms with E-state index in [9.17, 15) is 14.4 Å². The van der Waals surface area contributed by atoms with Crippen LogP contribution >= 0.6 is 0 Å². The van der Waals surface area contributed by atoms with Gasteiger partial charge in [-0.3, -0.25) is 4.79 Å². The molecule has 0 bridgehead atoms. The lowest BCUT2D eigenvalue weighted by Gasteiger charge is -2.25. The monoisotopic (exact) mass is 370 g/mol. The highest BCUT2D eigenvalue weighted by atomic mass is 16.7. The van der Waals surface area contributed by atoms with Gasteiger partial charge in [0, 0.05) is 11.1 Å². The predicted molar refractivity (Wildman–Crippen MR) is 93.3 cm³/mol. The lowest BCUT2D eigenvalue weighted by atomic mass is 9.98. The Labute approximate surface area is 156 Å². The minimum atomic E-state index is -1.98. The smallest absolute Gasteiger partial charge is 0.340 e. The van der Waals surface area contributed by atoms with Crippen LogP contribution in [0.4, 0.5) is 0 Å². The van der Waals surface area contributed by atoms with E-state index in [1.54, 1.807) is 38.1 Å². The van der Waals surface area contributed by atoms with Gasteiger partial charge in [-0.25, -0.2) is 9.59 Å². The quantitative estimate of drug-likeness (QED) is 0.554. The van der Waals surface area contributed by atoms with E-state index >= 15 is 0 Å². The van der Waals surface area contributed by atoms with Gasteiger partial charge in [0.2, 0.25) is 5.78 Å². The SMILES string of the molecule is C#CCO[C@@]12O[C@H](C(=O)OCC)C(C(=O)OCC)=C1c1ccccc1C2=O. The molecule has 27 heavy (non-hydrogen) atoms. The van der Waals surface area contributed by atoms with E-state index in [0.717, 1.165) is 0 Å². The standard InChI is InChI=1S/C20H18O7/c1-4-11-26-20-15(12-9-7-8-10-13(12)17(20)21)14(18(22)24-5-2)16(27-20)19(23)25-6-3/h1,7-10,16H,5-6,11H2,2-3H3/t16-,20+/m0/s1. The summed E-state index contributed by atoms with van der Waals surface area (Å²) in [6.07, 6.45) is 3.83. The Morgan fingerprint density at radius 3 is 2.48 bits per heavy atom. The topological polar surface area (TPSA) is 88.1 Å². The molecule has 0 saturated heterocycles. The molecule has 1 aliphatic carbocycles. The van der Waals surface area contributed by atoms with E-state index < -0.39 is 29.6 Å². The van der Waals surface area contributed by atoms with E-state index in [0.29, 0.717) is 11.1 Å². The maximum atomic E-state index is 13.1. The van der Waals surface area contributed by atoms with Crippen molar-refractivity contribution in [2.24, 2.45) is 0 Å². The molecule has 0 spiro atoms. The fourth-order valence-electron chi connectivity index (χ4n) is 3.27. The highest BCUT2D eigenvalue weighted by molar-refractivity contribution is 6.24. The molecule has 0 unspecified atom stereocenters. The third-order valence-corrected chi connectivity index (χ3v) is 4.24. The number of rotatable bonds is 6. The molecule has 0 amide bonds.